The number of carbonyl (C=O) groups excluding carboxylic acids is 2. The SMILES string of the molecule is CC(C)(C)[Si](C)(C)OC1CC(=O)OC(=O)C1.CC(C)N.NCCc1ccccc1. The average molecular weight is 425 g/mol. The van der Waals surface area contributed by atoms with Crippen LogP contribution in [0.1, 0.15) is 53.0 Å². The number of hydrogen-bond acceptors (Lipinski definition) is 6. The molecule has 0 amide bonds. The first-order valence-corrected chi connectivity index (χ1v) is 13.1. The third-order valence-electron chi connectivity index (χ3n) is 4.56. The summed E-state index contributed by atoms with van der Waals surface area (Å²) in [5, 5.41) is 0.0808. The van der Waals surface area contributed by atoms with Crippen molar-refractivity contribution >= 4 is 20.3 Å². The first-order chi connectivity index (χ1) is 13.3. The van der Waals surface area contributed by atoms with E-state index in [4.69, 9.17) is 15.9 Å². The maximum Gasteiger partial charge on any atom is 0.316 e. The molecule has 0 atom stereocenters. The van der Waals surface area contributed by atoms with Crippen LogP contribution in [0.3, 0.4) is 0 Å². The molecule has 166 valence electrons. The first kappa shape index (κ1) is 27.5. The Bertz CT molecular complexity index is 594. The minimum Gasteiger partial charge on any atom is -0.413 e. The third kappa shape index (κ3) is 12.6. The van der Waals surface area contributed by atoms with E-state index in [-0.39, 0.29) is 24.0 Å². The van der Waals surface area contributed by atoms with Crippen molar-refractivity contribution < 1.29 is 18.8 Å². The van der Waals surface area contributed by atoms with Gasteiger partial charge in [0.1, 0.15) is 0 Å². The third-order valence-corrected chi connectivity index (χ3v) is 9.09. The Kier molecular flexibility index (Phi) is 12.2. The van der Waals surface area contributed by atoms with Gasteiger partial charge in [0.2, 0.25) is 0 Å². The van der Waals surface area contributed by atoms with E-state index in [0.717, 1.165) is 13.0 Å². The molecule has 1 saturated heterocycles. The van der Waals surface area contributed by atoms with E-state index >= 15 is 0 Å². The molecule has 1 aromatic rings. The largest absolute Gasteiger partial charge is 0.413 e. The van der Waals surface area contributed by atoms with Gasteiger partial charge in [-0.1, -0.05) is 65.0 Å². The van der Waals surface area contributed by atoms with Gasteiger partial charge >= 0.3 is 11.9 Å². The van der Waals surface area contributed by atoms with Gasteiger partial charge in [-0.2, -0.15) is 0 Å². The van der Waals surface area contributed by atoms with Crippen molar-refractivity contribution in [2.24, 2.45) is 11.5 Å². The molecule has 1 aliphatic heterocycles. The molecule has 0 saturated carbocycles. The Morgan fingerprint density at radius 2 is 1.55 bits per heavy atom. The normalized spacial score (nSPS) is 15.1. The second-order valence-corrected chi connectivity index (χ2v) is 13.8. The topological polar surface area (TPSA) is 105 Å². The van der Waals surface area contributed by atoms with E-state index < -0.39 is 20.3 Å². The van der Waals surface area contributed by atoms with Gasteiger partial charge in [-0.25, -0.2) is 0 Å². The van der Waals surface area contributed by atoms with Crippen LogP contribution in [-0.2, 0) is 25.2 Å². The van der Waals surface area contributed by atoms with Gasteiger partial charge < -0.3 is 20.6 Å². The summed E-state index contributed by atoms with van der Waals surface area (Å²) >= 11 is 0. The molecule has 6 nitrogen and oxygen atoms in total. The molecule has 0 aliphatic carbocycles. The second kappa shape index (κ2) is 12.9. The van der Waals surface area contributed by atoms with Crippen LogP contribution in [0.25, 0.3) is 0 Å². The lowest BCUT2D eigenvalue weighted by atomic mass is 10.1. The minimum atomic E-state index is -1.91. The Morgan fingerprint density at radius 1 is 1.10 bits per heavy atom. The number of cyclic esters (lactones) is 2. The van der Waals surface area contributed by atoms with Crippen LogP contribution in [0.5, 0.6) is 0 Å². The standard InChI is InChI=1S/C11H20O4Si.C8H11N.C3H9N/c1-11(2,3)16(4,5)15-8-6-9(12)14-10(13)7-8;9-7-6-8-4-2-1-3-5-8;1-3(2)4/h8H,6-7H2,1-5H3;1-5H,6-7,9H2;3H,4H2,1-2H3. The highest BCUT2D eigenvalue weighted by Gasteiger charge is 2.41. The van der Waals surface area contributed by atoms with Crippen molar-refractivity contribution in [1.29, 1.82) is 0 Å². The second-order valence-electron chi connectivity index (χ2n) is 9.02. The molecule has 0 spiro atoms. The number of nitrogens with two attached hydrogens (primary N) is 2. The predicted molar refractivity (Wildman–Crippen MR) is 121 cm³/mol. The summed E-state index contributed by atoms with van der Waals surface area (Å²) in [7, 11) is -1.91. The summed E-state index contributed by atoms with van der Waals surface area (Å²) < 4.78 is 10.5. The van der Waals surface area contributed by atoms with E-state index in [0.29, 0.717) is 6.04 Å². The van der Waals surface area contributed by atoms with Crippen LogP contribution in [0.15, 0.2) is 30.3 Å². The lowest BCUT2D eigenvalue weighted by molar-refractivity contribution is -0.167. The van der Waals surface area contributed by atoms with E-state index in [9.17, 15) is 9.59 Å². The highest BCUT2D eigenvalue weighted by Crippen LogP contribution is 2.38. The molecular weight excluding hydrogens is 384 g/mol. The van der Waals surface area contributed by atoms with E-state index in [2.05, 4.69) is 50.7 Å². The van der Waals surface area contributed by atoms with Gasteiger partial charge in [0.25, 0.3) is 0 Å². The summed E-state index contributed by atoms with van der Waals surface area (Å²) in [5.41, 5.74) is 11.8. The minimum absolute atomic E-state index is 0.0808. The summed E-state index contributed by atoms with van der Waals surface area (Å²) in [6, 6.07) is 10.6. The van der Waals surface area contributed by atoms with E-state index in [1.54, 1.807) is 0 Å². The zero-order valence-electron chi connectivity index (χ0n) is 19.2. The smallest absolute Gasteiger partial charge is 0.316 e. The molecule has 7 heteroatoms. The summed E-state index contributed by atoms with van der Waals surface area (Å²) in [4.78, 5) is 22.2. The lowest BCUT2D eigenvalue weighted by Gasteiger charge is -2.39. The van der Waals surface area contributed by atoms with Crippen molar-refractivity contribution in [2.75, 3.05) is 6.54 Å². The fourth-order valence-electron chi connectivity index (χ4n) is 2.14. The van der Waals surface area contributed by atoms with Crippen molar-refractivity contribution in [3.8, 4) is 0 Å². The summed E-state index contributed by atoms with van der Waals surface area (Å²) in [5.74, 6) is -0.945. The van der Waals surface area contributed by atoms with E-state index in [1.807, 2.05) is 32.0 Å². The van der Waals surface area contributed by atoms with Crippen molar-refractivity contribution in [3.05, 3.63) is 35.9 Å². The number of benzene rings is 1. The molecule has 0 bridgehead atoms. The maximum atomic E-state index is 11.1. The number of hydrogen-bond donors (Lipinski definition) is 2. The number of carbonyl (C=O) groups is 2. The molecule has 0 unspecified atom stereocenters. The number of ether oxygens (including phenoxy) is 1. The van der Waals surface area contributed by atoms with Gasteiger partial charge in [0.05, 0.1) is 18.9 Å². The maximum absolute atomic E-state index is 11.1. The van der Waals surface area contributed by atoms with Crippen molar-refractivity contribution in [2.45, 2.75) is 84.2 Å². The molecule has 0 aromatic heterocycles. The Hall–Kier alpha value is -1.54. The molecule has 1 aliphatic rings. The molecule has 4 N–H and O–H groups in total. The van der Waals surface area contributed by atoms with Crippen LogP contribution in [0.2, 0.25) is 18.1 Å². The molecule has 1 aromatic carbocycles. The van der Waals surface area contributed by atoms with Crippen LogP contribution in [0, 0.1) is 0 Å². The fourth-order valence-corrected chi connectivity index (χ4v) is 3.50. The first-order valence-electron chi connectivity index (χ1n) is 10.2. The van der Waals surface area contributed by atoms with Gasteiger partial charge in [-0.15, -0.1) is 0 Å². The molecule has 1 fully saturated rings. The Labute approximate surface area is 177 Å². The van der Waals surface area contributed by atoms with Gasteiger partial charge in [-0.05, 0) is 42.7 Å². The Morgan fingerprint density at radius 3 is 1.93 bits per heavy atom. The Balaban J connectivity index is 0.000000504. The average Bonchev–Trinajstić information content (AvgIpc) is 2.53. The predicted octanol–water partition coefficient (Wildman–Crippen LogP) is 3.78. The fraction of sp³-hybridized carbons (Fsp3) is 0.636. The quantitative estimate of drug-likeness (QED) is 0.433. The van der Waals surface area contributed by atoms with Gasteiger partial charge in [0, 0.05) is 0 Å². The molecule has 1 heterocycles. The highest BCUT2D eigenvalue weighted by molar-refractivity contribution is 6.74. The molecule has 2 rings (SSSR count). The number of rotatable bonds is 4. The summed E-state index contributed by atoms with van der Waals surface area (Å²) in [6.07, 6.45) is 1.08. The highest BCUT2D eigenvalue weighted by atomic mass is 28.4. The van der Waals surface area contributed by atoms with Crippen molar-refractivity contribution in [3.63, 3.8) is 0 Å². The number of esters is 2. The molecule has 29 heavy (non-hydrogen) atoms. The van der Waals surface area contributed by atoms with Crippen LogP contribution >= 0.6 is 0 Å². The van der Waals surface area contributed by atoms with E-state index in [1.165, 1.54) is 5.56 Å². The zero-order valence-corrected chi connectivity index (χ0v) is 20.2. The van der Waals surface area contributed by atoms with Crippen LogP contribution in [-0.4, -0.2) is 38.9 Å². The monoisotopic (exact) mass is 424 g/mol. The summed E-state index contributed by atoms with van der Waals surface area (Å²) in [6.45, 7) is 15.2. The van der Waals surface area contributed by atoms with Gasteiger partial charge in [0.15, 0.2) is 8.32 Å². The van der Waals surface area contributed by atoms with Crippen LogP contribution < -0.4 is 11.5 Å². The molecule has 0 radical (unpaired) electrons. The van der Waals surface area contributed by atoms with Crippen LogP contribution in [0.4, 0.5) is 0 Å². The zero-order chi connectivity index (χ0) is 22.7. The van der Waals surface area contributed by atoms with Gasteiger partial charge in [-0.3, -0.25) is 9.59 Å². The molecular formula is C22H40N2O4Si. The van der Waals surface area contributed by atoms with Crippen molar-refractivity contribution in [1.82, 2.24) is 0 Å². The lowest BCUT2D eigenvalue weighted by Crippen LogP contribution is -2.46.